The second-order valence-electron chi connectivity index (χ2n) is 4.70. The third-order valence-corrected chi connectivity index (χ3v) is 3.88. The van der Waals surface area contributed by atoms with Crippen LogP contribution in [0.15, 0.2) is 46.3 Å². The normalized spacial score (nSPS) is 10.7. The van der Waals surface area contributed by atoms with Gasteiger partial charge in [0.05, 0.1) is 17.0 Å². The summed E-state index contributed by atoms with van der Waals surface area (Å²) in [6, 6.07) is 10.9. The van der Waals surface area contributed by atoms with Crippen LogP contribution in [0, 0.1) is 0 Å². The largest absolute Gasteiger partial charge is 0.452 e. The number of ether oxygens (including phenoxy) is 2. The number of carbonyl (C=O) groups excluding carboxylic acids is 1. The van der Waals surface area contributed by atoms with Crippen LogP contribution in [0.4, 0.5) is 0 Å². The van der Waals surface area contributed by atoms with E-state index in [-0.39, 0.29) is 12.5 Å². The maximum Gasteiger partial charge on any atom is 0.338 e. The Balaban J connectivity index is 1.62. The van der Waals surface area contributed by atoms with E-state index in [2.05, 4.69) is 10.1 Å². The van der Waals surface area contributed by atoms with Crippen molar-refractivity contribution in [1.29, 1.82) is 0 Å². The Morgan fingerprint density at radius 1 is 1.26 bits per heavy atom. The highest BCUT2D eigenvalue weighted by atomic mass is 32.1. The number of thiophene rings is 1. The zero-order chi connectivity index (χ0) is 16.1. The molecule has 1 aromatic carbocycles. The molecular formula is C16H14N2O4S. The van der Waals surface area contributed by atoms with Gasteiger partial charge >= 0.3 is 5.97 Å². The number of nitrogens with zero attached hydrogens (tertiary/aromatic N) is 2. The molecule has 0 aliphatic heterocycles. The molecule has 6 nitrogen and oxygen atoms in total. The minimum Gasteiger partial charge on any atom is -0.452 e. The molecule has 23 heavy (non-hydrogen) atoms. The quantitative estimate of drug-likeness (QED) is 0.646. The summed E-state index contributed by atoms with van der Waals surface area (Å²) < 4.78 is 15.3. The Kier molecular flexibility index (Phi) is 4.80. The van der Waals surface area contributed by atoms with E-state index >= 15 is 0 Å². The molecule has 118 valence electrons. The van der Waals surface area contributed by atoms with Gasteiger partial charge in [-0.05, 0) is 29.1 Å². The van der Waals surface area contributed by atoms with Crippen molar-refractivity contribution in [3.63, 3.8) is 0 Å². The molecule has 0 N–H and O–H groups in total. The molecule has 7 heteroatoms. The maximum atomic E-state index is 12.1. The average Bonchev–Trinajstić information content (AvgIpc) is 3.24. The van der Waals surface area contributed by atoms with E-state index in [1.165, 1.54) is 11.3 Å². The first-order chi connectivity index (χ1) is 11.3. The SMILES string of the molecule is COCc1cccc(C(=O)OCc2nc(-c3cccs3)no2)c1. The molecule has 2 aromatic heterocycles. The van der Waals surface area contributed by atoms with Crippen molar-refractivity contribution in [3.05, 3.63) is 58.8 Å². The van der Waals surface area contributed by atoms with Crippen LogP contribution in [0.25, 0.3) is 10.7 Å². The smallest absolute Gasteiger partial charge is 0.338 e. The first-order valence-electron chi connectivity index (χ1n) is 6.88. The van der Waals surface area contributed by atoms with Gasteiger partial charge in [0.25, 0.3) is 5.89 Å². The van der Waals surface area contributed by atoms with Gasteiger partial charge in [0.15, 0.2) is 6.61 Å². The number of hydrogen-bond acceptors (Lipinski definition) is 7. The summed E-state index contributed by atoms with van der Waals surface area (Å²) in [5.74, 6) is 0.307. The van der Waals surface area contributed by atoms with Gasteiger partial charge in [0.2, 0.25) is 5.82 Å². The zero-order valence-corrected chi connectivity index (χ0v) is 13.2. The van der Waals surface area contributed by atoms with Gasteiger partial charge in [-0.2, -0.15) is 4.98 Å². The first kappa shape index (κ1) is 15.4. The lowest BCUT2D eigenvalue weighted by Crippen LogP contribution is -2.06. The highest BCUT2D eigenvalue weighted by molar-refractivity contribution is 7.13. The van der Waals surface area contributed by atoms with Crippen LogP contribution in [0.2, 0.25) is 0 Å². The van der Waals surface area contributed by atoms with Crippen LogP contribution in [-0.2, 0) is 22.7 Å². The van der Waals surface area contributed by atoms with Gasteiger partial charge in [0, 0.05) is 7.11 Å². The molecule has 0 radical (unpaired) electrons. The van der Waals surface area contributed by atoms with Crippen molar-refractivity contribution in [2.24, 2.45) is 0 Å². The predicted octanol–water partition coefficient (Wildman–Crippen LogP) is 3.30. The molecule has 0 bridgehead atoms. The summed E-state index contributed by atoms with van der Waals surface area (Å²) in [4.78, 5) is 17.2. The molecule has 0 unspecified atom stereocenters. The molecule has 0 atom stereocenters. The molecule has 0 saturated heterocycles. The van der Waals surface area contributed by atoms with Gasteiger partial charge in [-0.25, -0.2) is 4.79 Å². The third-order valence-electron chi connectivity index (χ3n) is 3.01. The fourth-order valence-corrected chi connectivity index (χ4v) is 2.63. The average molecular weight is 330 g/mol. The summed E-state index contributed by atoms with van der Waals surface area (Å²) in [5, 5.41) is 5.79. The molecule has 0 amide bonds. The van der Waals surface area contributed by atoms with E-state index in [0.29, 0.717) is 18.0 Å². The first-order valence-corrected chi connectivity index (χ1v) is 7.75. The van der Waals surface area contributed by atoms with E-state index in [1.807, 2.05) is 23.6 Å². The van der Waals surface area contributed by atoms with E-state index in [9.17, 15) is 4.79 Å². The number of hydrogen-bond donors (Lipinski definition) is 0. The Hall–Kier alpha value is -2.51. The monoisotopic (exact) mass is 330 g/mol. The van der Waals surface area contributed by atoms with E-state index in [1.54, 1.807) is 25.3 Å². The molecule has 0 fully saturated rings. The van der Waals surface area contributed by atoms with Crippen LogP contribution < -0.4 is 0 Å². The lowest BCUT2D eigenvalue weighted by atomic mass is 10.1. The third kappa shape index (κ3) is 3.82. The number of benzene rings is 1. The molecule has 2 heterocycles. The fourth-order valence-electron chi connectivity index (χ4n) is 1.98. The Morgan fingerprint density at radius 2 is 2.17 bits per heavy atom. The highest BCUT2D eigenvalue weighted by Gasteiger charge is 2.13. The van der Waals surface area contributed by atoms with Crippen molar-refractivity contribution >= 4 is 17.3 Å². The molecule has 0 aliphatic carbocycles. The van der Waals surface area contributed by atoms with Gasteiger partial charge in [-0.3, -0.25) is 0 Å². The number of aromatic nitrogens is 2. The van der Waals surface area contributed by atoms with Crippen LogP contribution in [0.1, 0.15) is 21.8 Å². The van der Waals surface area contributed by atoms with Crippen molar-refractivity contribution < 1.29 is 18.8 Å². The molecule has 0 spiro atoms. The summed E-state index contributed by atoms with van der Waals surface area (Å²) >= 11 is 1.51. The summed E-state index contributed by atoms with van der Waals surface area (Å²) in [7, 11) is 1.60. The van der Waals surface area contributed by atoms with Gasteiger partial charge in [0.1, 0.15) is 0 Å². The van der Waals surface area contributed by atoms with E-state index < -0.39 is 5.97 Å². The Morgan fingerprint density at radius 3 is 2.96 bits per heavy atom. The minimum absolute atomic E-state index is 0.0638. The summed E-state index contributed by atoms with van der Waals surface area (Å²) in [6.07, 6.45) is 0. The van der Waals surface area contributed by atoms with E-state index in [0.717, 1.165) is 10.4 Å². The zero-order valence-electron chi connectivity index (χ0n) is 12.4. The number of carbonyl (C=O) groups is 1. The molecule has 3 aromatic rings. The predicted molar refractivity (Wildman–Crippen MR) is 83.9 cm³/mol. The number of methoxy groups -OCH3 is 1. The second kappa shape index (κ2) is 7.17. The van der Waals surface area contributed by atoms with Crippen molar-refractivity contribution in [3.8, 4) is 10.7 Å². The summed E-state index contributed by atoms with van der Waals surface area (Å²) in [5.41, 5.74) is 1.36. The van der Waals surface area contributed by atoms with Crippen molar-refractivity contribution in [1.82, 2.24) is 10.1 Å². The van der Waals surface area contributed by atoms with Crippen molar-refractivity contribution in [2.45, 2.75) is 13.2 Å². The van der Waals surface area contributed by atoms with Gasteiger partial charge < -0.3 is 14.0 Å². The maximum absolute atomic E-state index is 12.1. The summed E-state index contributed by atoms with van der Waals surface area (Å²) in [6.45, 7) is 0.376. The molecule has 0 aliphatic rings. The van der Waals surface area contributed by atoms with Crippen LogP contribution in [0.3, 0.4) is 0 Å². The molecule has 3 rings (SSSR count). The van der Waals surface area contributed by atoms with Crippen LogP contribution in [0.5, 0.6) is 0 Å². The lowest BCUT2D eigenvalue weighted by Gasteiger charge is -2.04. The Bertz CT molecular complexity index is 783. The molecule has 0 saturated carbocycles. The Labute approximate surface area is 136 Å². The van der Waals surface area contributed by atoms with Gasteiger partial charge in [-0.1, -0.05) is 23.4 Å². The molecular weight excluding hydrogens is 316 g/mol. The van der Waals surface area contributed by atoms with Crippen LogP contribution >= 0.6 is 11.3 Å². The highest BCUT2D eigenvalue weighted by Crippen LogP contribution is 2.21. The van der Waals surface area contributed by atoms with E-state index in [4.69, 9.17) is 14.0 Å². The lowest BCUT2D eigenvalue weighted by molar-refractivity contribution is 0.0429. The van der Waals surface area contributed by atoms with Crippen LogP contribution in [-0.4, -0.2) is 23.2 Å². The number of esters is 1. The van der Waals surface area contributed by atoms with Crippen molar-refractivity contribution in [2.75, 3.05) is 7.11 Å². The topological polar surface area (TPSA) is 74.5 Å². The second-order valence-corrected chi connectivity index (χ2v) is 5.65. The standard InChI is InChI=1S/C16H14N2O4S/c1-20-9-11-4-2-5-12(8-11)16(19)21-10-14-17-15(18-22-14)13-6-3-7-23-13/h2-8H,9-10H2,1H3. The number of rotatable bonds is 6. The van der Waals surface area contributed by atoms with Gasteiger partial charge in [-0.15, -0.1) is 11.3 Å². The fraction of sp³-hybridized carbons (Fsp3) is 0.188. The minimum atomic E-state index is -0.446.